The number of nitrogens with one attached hydrogen (secondary N) is 1. The minimum absolute atomic E-state index is 0.0734. The number of hydrogen-bond acceptors (Lipinski definition) is 7. The molecule has 0 aliphatic carbocycles. The van der Waals surface area contributed by atoms with E-state index in [1.165, 1.54) is 6.07 Å². The molecule has 1 aromatic carbocycles. The monoisotopic (exact) mass is 401 g/mol. The number of benzene rings is 1. The van der Waals surface area contributed by atoms with Crippen LogP contribution in [0.1, 0.15) is 31.7 Å². The maximum Gasteiger partial charge on any atom is 0.223 e. The normalized spacial score (nSPS) is 12.4. The van der Waals surface area contributed by atoms with E-state index < -0.39 is 5.82 Å². The molecule has 0 spiro atoms. The van der Waals surface area contributed by atoms with E-state index in [0.717, 1.165) is 26.8 Å². The molecule has 0 radical (unpaired) electrons. The molecule has 3 aromatic rings. The summed E-state index contributed by atoms with van der Waals surface area (Å²) in [6, 6.07) is 6.58. The third kappa shape index (κ3) is 4.45. The lowest BCUT2D eigenvalue weighted by Gasteiger charge is -2.13. The fraction of sp³-hybridized carbons (Fsp3) is 0.350. The van der Waals surface area contributed by atoms with Crippen molar-refractivity contribution < 1.29 is 9.13 Å². The molecule has 0 saturated heterocycles. The summed E-state index contributed by atoms with van der Waals surface area (Å²) in [6.45, 7) is 6.72. The van der Waals surface area contributed by atoms with Gasteiger partial charge in [-0.3, -0.25) is 0 Å². The Bertz CT molecular complexity index is 960. The van der Waals surface area contributed by atoms with Crippen molar-refractivity contribution in [2.45, 2.75) is 32.7 Å². The summed E-state index contributed by atoms with van der Waals surface area (Å²) in [7, 11) is 1.65. The van der Waals surface area contributed by atoms with Crippen molar-refractivity contribution in [2.75, 3.05) is 24.8 Å². The van der Waals surface area contributed by atoms with Crippen LogP contribution < -0.4 is 11.1 Å². The average Bonchev–Trinajstić information content (AvgIpc) is 3.10. The van der Waals surface area contributed by atoms with Gasteiger partial charge in [0.05, 0.1) is 33.6 Å². The van der Waals surface area contributed by atoms with Gasteiger partial charge in [0.25, 0.3) is 0 Å². The number of nitrogens with zero attached hydrogens (tertiary/aromatic N) is 3. The van der Waals surface area contributed by atoms with Crippen LogP contribution in [0.5, 0.6) is 0 Å². The summed E-state index contributed by atoms with van der Waals surface area (Å²) in [5.41, 5.74) is 8.13. The van der Waals surface area contributed by atoms with Crippen LogP contribution in [0.25, 0.3) is 21.8 Å². The minimum atomic E-state index is -0.440. The fourth-order valence-electron chi connectivity index (χ4n) is 2.71. The molecule has 28 heavy (non-hydrogen) atoms. The molecule has 0 amide bonds. The number of anilines is 2. The SMILES string of the molecule is COCC(C)Nc1nccc(-c2sc(C(C)C)nc2-c2ccc(F)c(N)c2)n1. The molecule has 0 aliphatic heterocycles. The van der Waals surface area contributed by atoms with Crippen LogP contribution in [-0.4, -0.2) is 34.7 Å². The lowest BCUT2D eigenvalue weighted by Crippen LogP contribution is -2.22. The molecular weight excluding hydrogens is 377 g/mol. The van der Waals surface area contributed by atoms with E-state index in [9.17, 15) is 4.39 Å². The second-order valence-electron chi connectivity index (χ2n) is 6.89. The van der Waals surface area contributed by atoms with Gasteiger partial charge in [-0.2, -0.15) is 0 Å². The number of nitrogens with two attached hydrogens (primary N) is 1. The Balaban J connectivity index is 2.05. The van der Waals surface area contributed by atoms with Crippen molar-refractivity contribution in [1.29, 1.82) is 0 Å². The molecule has 148 valence electrons. The number of nitrogen functional groups attached to an aromatic ring is 1. The van der Waals surface area contributed by atoms with Crippen molar-refractivity contribution in [3.8, 4) is 21.8 Å². The van der Waals surface area contributed by atoms with Crippen LogP contribution in [0, 0.1) is 5.82 Å². The molecule has 3 rings (SSSR count). The Morgan fingerprint density at radius 1 is 1.21 bits per heavy atom. The second kappa shape index (κ2) is 8.62. The van der Waals surface area contributed by atoms with Gasteiger partial charge in [-0.25, -0.2) is 19.3 Å². The van der Waals surface area contributed by atoms with Crippen molar-refractivity contribution in [1.82, 2.24) is 15.0 Å². The fourth-order valence-corrected chi connectivity index (χ4v) is 3.77. The zero-order valence-electron chi connectivity index (χ0n) is 16.4. The van der Waals surface area contributed by atoms with E-state index in [1.807, 2.05) is 13.0 Å². The number of hydrogen-bond donors (Lipinski definition) is 2. The number of aromatic nitrogens is 3. The number of methoxy groups -OCH3 is 1. The Kier molecular flexibility index (Phi) is 6.21. The third-order valence-corrected chi connectivity index (χ3v) is 5.47. The van der Waals surface area contributed by atoms with Gasteiger partial charge in [-0.15, -0.1) is 11.3 Å². The largest absolute Gasteiger partial charge is 0.396 e. The molecule has 3 N–H and O–H groups in total. The highest BCUT2D eigenvalue weighted by Crippen LogP contribution is 2.39. The maximum absolute atomic E-state index is 13.6. The lowest BCUT2D eigenvalue weighted by atomic mass is 10.1. The zero-order valence-corrected chi connectivity index (χ0v) is 17.2. The third-order valence-electron chi connectivity index (χ3n) is 4.09. The molecule has 1 unspecified atom stereocenters. The molecule has 8 heteroatoms. The number of rotatable bonds is 7. The van der Waals surface area contributed by atoms with Crippen molar-refractivity contribution >= 4 is 23.0 Å². The van der Waals surface area contributed by atoms with Gasteiger partial charge in [0, 0.05) is 30.8 Å². The lowest BCUT2D eigenvalue weighted by molar-refractivity contribution is 0.190. The van der Waals surface area contributed by atoms with Crippen LogP contribution >= 0.6 is 11.3 Å². The average molecular weight is 402 g/mol. The van der Waals surface area contributed by atoms with Crippen molar-refractivity contribution in [3.05, 3.63) is 41.3 Å². The van der Waals surface area contributed by atoms with Crippen molar-refractivity contribution in [3.63, 3.8) is 0 Å². The smallest absolute Gasteiger partial charge is 0.223 e. The van der Waals surface area contributed by atoms with Crippen LogP contribution in [0.4, 0.5) is 16.0 Å². The molecule has 1 atom stereocenters. The van der Waals surface area contributed by atoms with Gasteiger partial charge >= 0.3 is 0 Å². The summed E-state index contributed by atoms with van der Waals surface area (Å²) < 4.78 is 18.8. The van der Waals surface area contributed by atoms with E-state index >= 15 is 0 Å². The number of halogens is 1. The summed E-state index contributed by atoms with van der Waals surface area (Å²) in [6.07, 6.45) is 1.71. The second-order valence-corrected chi connectivity index (χ2v) is 7.92. The summed E-state index contributed by atoms with van der Waals surface area (Å²) in [5, 5.41) is 4.21. The van der Waals surface area contributed by atoms with E-state index in [1.54, 1.807) is 36.8 Å². The first-order valence-corrected chi connectivity index (χ1v) is 9.85. The molecule has 2 heterocycles. The summed E-state index contributed by atoms with van der Waals surface area (Å²) in [4.78, 5) is 14.6. The molecular formula is C20H24FN5OS. The van der Waals surface area contributed by atoms with Crippen LogP contribution in [-0.2, 0) is 4.74 Å². The van der Waals surface area contributed by atoms with E-state index in [-0.39, 0.29) is 17.6 Å². The predicted octanol–water partition coefficient (Wildman–Crippen LogP) is 4.56. The van der Waals surface area contributed by atoms with Crippen LogP contribution in [0.15, 0.2) is 30.5 Å². The number of thiazole rings is 1. The first-order valence-electron chi connectivity index (χ1n) is 9.04. The minimum Gasteiger partial charge on any atom is -0.396 e. The maximum atomic E-state index is 13.6. The Morgan fingerprint density at radius 2 is 2.00 bits per heavy atom. The van der Waals surface area contributed by atoms with Gasteiger partial charge in [-0.1, -0.05) is 13.8 Å². The van der Waals surface area contributed by atoms with Crippen molar-refractivity contribution in [2.24, 2.45) is 0 Å². The number of ether oxygens (including phenoxy) is 1. The molecule has 0 aliphatic rings. The van der Waals surface area contributed by atoms with Gasteiger partial charge in [0.1, 0.15) is 5.82 Å². The topological polar surface area (TPSA) is 86.0 Å². The van der Waals surface area contributed by atoms with Gasteiger partial charge in [-0.05, 0) is 31.2 Å². The summed E-state index contributed by atoms with van der Waals surface area (Å²) in [5.74, 6) is 0.341. The van der Waals surface area contributed by atoms with E-state index in [2.05, 4.69) is 29.1 Å². The molecule has 0 bridgehead atoms. The Morgan fingerprint density at radius 3 is 2.68 bits per heavy atom. The van der Waals surface area contributed by atoms with Crippen LogP contribution in [0.2, 0.25) is 0 Å². The molecule has 0 saturated carbocycles. The highest BCUT2D eigenvalue weighted by molar-refractivity contribution is 7.15. The van der Waals surface area contributed by atoms with Gasteiger partial charge < -0.3 is 15.8 Å². The quantitative estimate of drug-likeness (QED) is 0.565. The highest BCUT2D eigenvalue weighted by atomic mass is 32.1. The first kappa shape index (κ1) is 20.2. The predicted molar refractivity (Wildman–Crippen MR) is 112 cm³/mol. The first-order chi connectivity index (χ1) is 13.4. The summed E-state index contributed by atoms with van der Waals surface area (Å²) >= 11 is 1.58. The zero-order chi connectivity index (χ0) is 20.3. The molecule has 6 nitrogen and oxygen atoms in total. The highest BCUT2D eigenvalue weighted by Gasteiger charge is 2.19. The van der Waals surface area contributed by atoms with Gasteiger partial charge in [0.2, 0.25) is 5.95 Å². The van der Waals surface area contributed by atoms with E-state index in [4.69, 9.17) is 15.5 Å². The van der Waals surface area contributed by atoms with Gasteiger partial charge in [0.15, 0.2) is 0 Å². The Labute approximate surface area is 168 Å². The Hall–Kier alpha value is -2.58. The molecule has 0 fully saturated rings. The standard InChI is InChI=1S/C20H24FN5OS/c1-11(2)19-26-17(13-5-6-14(21)15(22)9-13)18(28-19)16-7-8-23-20(25-16)24-12(3)10-27-4/h5-9,11-12H,10,22H2,1-4H3,(H,23,24,25). The molecule has 2 aromatic heterocycles. The van der Waals surface area contributed by atoms with Crippen LogP contribution in [0.3, 0.4) is 0 Å². The van der Waals surface area contributed by atoms with E-state index in [0.29, 0.717) is 12.6 Å².